The van der Waals surface area contributed by atoms with Crippen LogP contribution in [0.15, 0.2) is 18.2 Å². The molecule has 0 saturated heterocycles. The summed E-state index contributed by atoms with van der Waals surface area (Å²) in [6, 6.07) is 5.20. The lowest BCUT2D eigenvalue weighted by Gasteiger charge is -2.09. The number of amides is 1. The molecule has 0 spiro atoms. The number of hydrogen-bond donors (Lipinski definition) is 1. The van der Waals surface area contributed by atoms with E-state index in [9.17, 15) is 9.18 Å². The van der Waals surface area contributed by atoms with Crippen LogP contribution in [0.3, 0.4) is 0 Å². The highest BCUT2D eigenvalue weighted by molar-refractivity contribution is 14.1. The van der Waals surface area contributed by atoms with E-state index in [2.05, 4.69) is 22.6 Å². The van der Waals surface area contributed by atoms with Crippen molar-refractivity contribution < 1.29 is 9.18 Å². The molecule has 0 saturated carbocycles. The summed E-state index contributed by atoms with van der Waals surface area (Å²) in [5.74, 6) is -0.668. The fourth-order valence-electron chi connectivity index (χ4n) is 1.13. The highest BCUT2D eigenvalue weighted by Crippen LogP contribution is 2.20. The van der Waals surface area contributed by atoms with E-state index in [-0.39, 0.29) is 5.92 Å². The third-order valence-corrected chi connectivity index (χ3v) is 2.63. The van der Waals surface area contributed by atoms with Crippen molar-refractivity contribution in [2.24, 2.45) is 5.73 Å². The molecule has 0 radical (unpaired) electrons. The minimum Gasteiger partial charge on any atom is -0.366 e. The fourth-order valence-corrected chi connectivity index (χ4v) is 1.82. The van der Waals surface area contributed by atoms with E-state index in [1.54, 1.807) is 19.1 Å². The largest absolute Gasteiger partial charge is 0.366 e. The molecule has 0 aliphatic carbocycles. The van der Waals surface area contributed by atoms with Crippen molar-refractivity contribution in [2.75, 3.05) is 6.67 Å². The summed E-state index contributed by atoms with van der Waals surface area (Å²) in [6.07, 6.45) is 0. The number of carbonyl (C=O) groups is 1. The molecule has 2 N–H and O–H groups in total. The van der Waals surface area contributed by atoms with Gasteiger partial charge in [-0.1, -0.05) is 6.92 Å². The second-order valence-corrected chi connectivity index (χ2v) is 4.44. The van der Waals surface area contributed by atoms with Crippen LogP contribution in [0, 0.1) is 3.57 Å². The summed E-state index contributed by atoms with van der Waals surface area (Å²) in [7, 11) is 0. The Hall–Kier alpha value is -0.650. The summed E-state index contributed by atoms with van der Waals surface area (Å²) in [4.78, 5) is 10.9. The van der Waals surface area contributed by atoms with Crippen LogP contribution in [0.25, 0.3) is 0 Å². The standard InChI is InChI=1S/C10H11FINO/c1-6(5-11)7-2-8(10(13)14)4-9(12)3-7/h2-4,6H,5H2,1H3,(H2,13,14). The molecule has 76 valence electrons. The topological polar surface area (TPSA) is 43.1 Å². The van der Waals surface area contributed by atoms with Crippen LogP contribution in [-0.4, -0.2) is 12.6 Å². The maximum atomic E-state index is 12.4. The number of nitrogens with two attached hydrogens (primary N) is 1. The molecule has 1 unspecified atom stereocenters. The lowest BCUT2D eigenvalue weighted by molar-refractivity contribution is 0.1000. The molecule has 0 aromatic heterocycles. The summed E-state index contributed by atoms with van der Waals surface area (Å²) in [6.45, 7) is 1.34. The Balaban J connectivity index is 3.13. The lowest BCUT2D eigenvalue weighted by atomic mass is 10.0. The number of hydrogen-bond acceptors (Lipinski definition) is 1. The summed E-state index contributed by atoms with van der Waals surface area (Å²) < 4.78 is 13.3. The molecule has 1 aromatic carbocycles. The van der Waals surface area contributed by atoms with Crippen molar-refractivity contribution in [3.8, 4) is 0 Å². The molecule has 0 aliphatic heterocycles. The van der Waals surface area contributed by atoms with Crippen molar-refractivity contribution >= 4 is 28.5 Å². The van der Waals surface area contributed by atoms with Crippen molar-refractivity contribution in [3.05, 3.63) is 32.9 Å². The predicted octanol–water partition coefficient (Wildman–Crippen LogP) is 2.46. The average molecular weight is 307 g/mol. The zero-order valence-electron chi connectivity index (χ0n) is 7.76. The van der Waals surface area contributed by atoms with Crippen LogP contribution >= 0.6 is 22.6 Å². The molecule has 0 heterocycles. The number of rotatable bonds is 3. The smallest absolute Gasteiger partial charge is 0.248 e. The Morgan fingerprint density at radius 3 is 2.71 bits per heavy atom. The summed E-state index contributed by atoms with van der Waals surface area (Å²) in [5, 5.41) is 0. The van der Waals surface area contributed by atoms with E-state index in [0.29, 0.717) is 5.56 Å². The third-order valence-electron chi connectivity index (χ3n) is 2.01. The Kier molecular flexibility index (Phi) is 3.86. The second-order valence-electron chi connectivity index (χ2n) is 3.19. The van der Waals surface area contributed by atoms with Crippen molar-refractivity contribution in [1.82, 2.24) is 0 Å². The van der Waals surface area contributed by atoms with Gasteiger partial charge in [0.25, 0.3) is 0 Å². The SMILES string of the molecule is CC(CF)c1cc(I)cc(C(N)=O)c1. The van der Waals surface area contributed by atoms with Crippen molar-refractivity contribution in [1.29, 1.82) is 0 Å². The fraction of sp³-hybridized carbons (Fsp3) is 0.300. The lowest BCUT2D eigenvalue weighted by Crippen LogP contribution is -2.12. The van der Waals surface area contributed by atoms with E-state index in [1.807, 2.05) is 6.07 Å². The van der Waals surface area contributed by atoms with E-state index in [0.717, 1.165) is 9.13 Å². The molecule has 1 rings (SSSR count). The Morgan fingerprint density at radius 1 is 1.57 bits per heavy atom. The van der Waals surface area contributed by atoms with E-state index in [4.69, 9.17) is 5.73 Å². The van der Waals surface area contributed by atoms with Gasteiger partial charge < -0.3 is 5.73 Å². The van der Waals surface area contributed by atoms with Crippen LogP contribution in [0.4, 0.5) is 4.39 Å². The van der Waals surface area contributed by atoms with Gasteiger partial charge in [0, 0.05) is 15.1 Å². The van der Waals surface area contributed by atoms with Gasteiger partial charge in [-0.25, -0.2) is 0 Å². The molecule has 4 heteroatoms. The first-order valence-corrected chi connectivity index (χ1v) is 5.28. The van der Waals surface area contributed by atoms with Gasteiger partial charge in [-0.05, 0) is 46.4 Å². The molecule has 1 atom stereocenters. The quantitative estimate of drug-likeness (QED) is 0.857. The van der Waals surface area contributed by atoms with Crippen LogP contribution < -0.4 is 5.73 Å². The molecule has 1 aromatic rings. The highest BCUT2D eigenvalue weighted by Gasteiger charge is 2.09. The number of benzene rings is 1. The van der Waals surface area contributed by atoms with Crippen LogP contribution in [-0.2, 0) is 0 Å². The molecule has 2 nitrogen and oxygen atoms in total. The number of alkyl halides is 1. The zero-order valence-corrected chi connectivity index (χ0v) is 9.92. The first kappa shape index (κ1) is 11.4. The van der Waals surface area contributed by atoms with Gasteiger partial charge in [-0.3, -0.25) is 9.18 Å². The van der Waals surface area contributed by atoms with E-state index < -0.39 is 12.6 Å². The molecule has 0 fully saturated rings. The first-order valence-electron chi connectivity index (χ1n) is 4.21. The van der Waals surface area contributed by atoms with Gasteiger partial charge >= 0.3 is 0 Å². The number of halogens is 2. The molecule has 0 bridgehead atoms. The van der Waals surface area contributed by atoms with Gasteiger partial charge in [0.1, 0.15) is 0 Å². The Labute approximate surface area is 95.8 Å². The maximum absolute atomic E-state index is 12.4. The normalized spacial score (nSPS) is 12.5. The zero-order chi connectivity index (χ0) is 10.7. The van der Waals surface area contributed by atoms with Crippen molar-refractivity contribution in [2.45, 2.75) is 12.8 Å². The van der Waals surface area contributed by atoms with E-state index in [1.165, 1.54) is 0 Å². The van der Waals surface area contributed by atoms with Gasteiger partial charge in [0.2, 0.25) is 5.91 Å². The van der Waals surface area contributed by atoms with Crippen LogP contribution in [0.2, 0.25) is 0 Å². The van der Waals surface area contributed by atoms with Crippen LogP contribution in [0.1, 0.15) is 28.8 Å². The minimum absolute atomic E-state index is 0.192. The number of carbonyl (C=O) groups excluding carboxylic acids is 1. The molecule has 14 heavy (non-hydrogen) atoms. The Morgan fingerprint density at radius 2 is 2.21 bits per heavy atom. The third kappa shape index (κ3) is 2.67. The Bertz CT molecular complexity index is 354. The minimum atomic E-state index is -0.476. The molecule has 0 aliphatic rings. The van der Waals surface area contributed by atoms with Gasteiger partial charge in [-0.15, -0.1) is 0 Å². The van der Waals surface area contributed by atoms with Crippen molar-refractivity contribution in [3.63, 3.8) is 0 Å². The maximum Gasteiger partial charge on any atom is 0.248 e. The average Bonchev–Trinajstić information content (AvgIpc) is 2.15. The van der Waals surface area contributed by atoms with Gasteiger partial charge in [-0.2, -0.15) is 0 Å². The first-order chi connectivity index (χ1) is 6.54. The van der Waals surface area contributed by atoms with Gasteiger partial charge in [0.05, 0.1) is 6.67 Å². The second kappa shape index (κ2) is 4.72. The predicted molar refractivity (Wildman–Crippen MR) is 62.1 cm³/mol. The molecular formula is C10H11FINO. The number of primary amides is 1. The molecule has 1 amide bonds. The summed E-state index contributed by atoms with van der Waals surface area (Å²) >= 11 is 2.08. The molecular weight excluding hydrogens is 296 g/mol. The van der Waals surface area contributed by atoms with Crippen LogP contribution in [0.5, 0.6) is 0 Å². The monoisotopic (exact) mass is 307 g/mol. The highest BCUT2D eigenvalue weighted by atomic mass is 127. The van der Waals surface area contributed by atoms with Gasteiger partial charge in [0.15, 0.2) is 0 Å². The van der Waals surface area contributed by atoms with E-state index >= 15 is 0 Å². The summed E-state index contributed by atoms with van der Waals surface area (Å²) in [5.41, 5.74) is 6.41.